The number of hydrogen-bond donors (Lipinski definition) is 2. The molecule has 16 heavy (non-hydrogen) atoms. The molecule has 1 atom stereocenters. The summed E-state index contributed by atoms with van der Waals surface area (Å²) in [6.45, 7) is 2.39. The van der Waals surface area contributed by atoms with Crippen molar-refractivity contribution in [2.75, 3.05) is 13.2 Å². The molecule has 1 aromatic rings. The van der Waals surface area contributed by atoms with Crippen molar-refractivity contribution >= 4 is 5.97 Å². The molecule has 1 unspecified atom stereocenters. The molecule has 0 aromatic heterocycles. The molecule has 4 nitrogen and oxygen atoms in total. The zero-order chi connectivity index (χ0) is 11.8. The molecule has 0 amide bonds. The van der Waals surface area contributed by atoms with Crippen LogP contribution in [-0.2, 0) is 16.1 Å². The van der Waals surface area contributed by atoms with Crippen molar-refractivity contribution in [3.05, 3.63) is 35.9 Å². The molecule has 4 heteroatoms. The van der Waals surface area contributed by atoms with Crippen LogP contribution in [0.5, 0.6) is 0 Å². The molecule has 0 aliphatic carbocycles. The van der Waals surface area contributed by atoms with Gasteiger partial charge in [0.1, 0.15) is 12.6 Å². The Labute approximate surface area is 95.2 Å². The van der Waals surface area contributed by atoms with Crippen LogP contribution in [0.4, 0.5) is 0 Å². The standard InChI is InChI=1S/C12H17NO3/c1-10(13-7-8-14)12(15)16-9-11-5-3-2-4-6-11/h2-6,10,13-14H,7-9H2,1H3. The first-order valence-corrected chi connectivity index (χ1v) is 5.29. The minimum atomic E-state index is -0.393. The van der Waals surface area contributed by atoms with Crippen LogP contribution in [-0.4, -0.2) is 30.3 Å². The lowest BCUT2D eigenvalue weighted by molar-refractivity contribution is -0.147. The van der Waals surface area contributed by atoms with Gasteiger partial charge in [0, 0.05) is 6.54 Å². The number of rotatable bonds is 6. The van der Waals surface area contributed by atoms with Crippen molar-refractivity contribution in [3.63, 3.8) is 0 Å². The normalized spacial score (nSPS) is 12.1. The average Bonchev–Trinajstić information content (AvgIpc) is 2.34. The first-order valence-electron chi connectivity index (χ1n) is 5.29. The summed E-state index contributed by atoms with van der Waals surface area (Å²) in [5.74, 6) is -0.308. The lowest BCUT2D eigenvalue weighted by Gasteiger charge is -2.12. The van der Waals surface area contributed by atoms with Gasteiger partial charge in [0.25, 0.3) is 0 Å². The van der Waals surface area contributed by atoms with Gasteiger partial charge in [-0.2, -0.15) is 0 Å². The van der Waals surface area contributed by atoms with E-state index in [4.69, 9.17) is 9.84 Å². The minimum Gasteiger partial charge on any atom is -0.460 e. The highest BCUT2D eigenvalue weighted by Gasteiger charge is 2.12. The number of aliphatic hydroxyl groups excluding tert-OH is 1. The molecule has 88 valence electrons. The summed E-state index contributed by atoms with van der Waals surface area (Å²) in [5, 5.41) is 11.4. The highest BCUT2D eigenvalue weighted by molar-refractivity contribution is 5.75. The third-order valence-corrected chi connectivity index (χ3v) is 2.14. The fourth-order valence-corrected chi connectivity index (χ4v) is 1.22. The predicted molar refractivity (Wildman–Crippen MR) is 60.8 cm³/mol. The van der Waals surface area contributed by atoms with E-state index in [0.29, 0.717) is 6.54 Å². The smallest absolute Gasteiger partial charge is 0.323 e. The van der Waals surface area contributed by atoms with Gasteiger partial charge in [-0.1, -0.05) is 30.3 Å². The summed E-state index contributed by atoms with van der Waals surface area (Å²) in [6.07, 6.45) is 0. The van der Waals surface area contributed by atoms with Gasteiger partial charge >= 0.3 is 5.97 Å². The number of carbonyl (C=O) groups is 1. The third kappa shape index (κ3) is 4.42. The molecular formula is C12H17NO3. The number of hydrogen-bond acceptors (Lipinski definition) is 4. The summed E-state index contributed by atoms with van der Waals surface area (Å²) in [7, 11) is 0. The second-order valence-electron chi connectivity index (χ2n) is 3.49. The van der Waals surface area contributed by atoms with E-state index in [2.05, 4.69) is 5.32 Å². The van der Waals surface area contributed by atoms with Crippen LogP contribution < -0.4 is 5.32 Å². The predicted octanol–water partition coefficient (Wildman–Crippen LogP) is 0.700. The number of carbonyl (C=O) groups excluding carboxylic acids is 1. The van der Waals surface area contributed by atoms with E-state index >= 15 is 0 Å². The molecule has 0 fully saturated rings. The summed E-state index contributed by atoms with van der Waals surface area (Å²) < 4.78 is 5.10. The summed E-state index contributed by atoms with van der Waals surface area (Å²) in [4.78, 5) is 11.5. The molecule has 1 aromatic carbocycles. The molecule has 0 aliphatic rings. The van der Waals surface area contributed by atoms with Gasteiger partial charge in [0.05, 0.1) is 6.61 Å². The van der Waals surface area contributed by atoms with E-state index in [0.717, 1.165) is 5.56 Å². The molecular weight excluding hydrogens is 206 g/mol. The maximum Gasteiger partial charge on any atom is 0.323 e. The van der Waals surface area contributed by atoms with Crippen LogP contribution in [0.2, 0.25) is 0 Å². The summed E-state index contributed by atoms with van der Waals surface area (Å²) in [6, 6.07) is 9.12. The number of esters is 1. The van der Waals surface area contributed by atoms with Gasteiger partial charge in [-0.3, -0.25) is 4.79 Å². The van der Waals surface area contributed by atoms with Gasteiger partial charge in [0.2, 0.25) is 0 Å². The van der Waals surface area contributed by atoms with Crippen molar-refractivity contribution in [3.8, 4) is 0 Å². The Bertz CT molecular complexity index is 313. The van der Waals surface area contributed by atoms with Crippen molar-refractivity contribution < 1.29 is 14.6 Å². The molecule has 1 rings (SSSR count). The lowest BCUT2D eigenvalue weighted by atomic mass is 10.2. The molecule has 0 spiro atoms. The maximum atomic E-state index is 11.5. The topological polar surface area (TPSA) is 58.6 Å². The Morgan fingerprint density at radius 2 is 2.12 bits per heavy atom. The zero-order valence-corrected chi connectivity index (χ0v) is 9.35. The van der Waals surface area contributed by atoms with Crippen LogP contribution in [0, 0.1) is 0 Å². The van der Waals surface area contributed by atoms with Crippen molar-refractivity contribution in [1.82, 2.24) is 5.32 Å². The third-order valence-electron chi connectivity index (χ3n) is 2.14. The van der Waals surface area contributed by atoms with Gasteiger partial charge in [-0.05, 0) is 12.5 Å². The molecule has 2 N–H and O–H groups in total. The SMILES string of the molecule is CC(NCCO)C(=O)OCc1ccccc1. The fourth-order valence-electron chi connectivity index (χ4n) is 1.22. The molecule has 0 radical (unpaired) electrons. The Kier molecular flexibility index (Phi) is 5.53. The van der Waals surface area contributed by atoms with Crippen LogP contribution in [0.1, 0.15) is 12.5 Å². The quantitative estimate of drug-likeness (QED) is 0.697. The highest BCUT2D eigenvalue weighted by atomic mass is 16.5. The highest BCUT2D eigenvalue weighted by Crippen LogP contribution is 2.01. The Balaban J connectivity index is 2.29. The Hall–Kier alpha value is -1.39. The number of benzene rings is 1. The first-order chi connectivity index (χ1) is 7.74. The van der Waals surface area contributed by atoms with E-state index < -0.39 is 6.04 Å². The van der Waals surface area contributed by atoms with Gasteiger partial charge in [-0.15, -0.1) is 0 Å². The number of nitrogens with one attached hydrogen (secondary N) is 1. The van der Waals surface area contributed by atoms with Gasteiger partial charge in [0.15, 0.2) is 0 Å². The second kappa shape index (κ2) is 6.98. The van der Waals surface area contributed by atoms with Gasteiger partial charge < -0.3 is 15.2 Å². The molecule has 0 saturated carbocycles. The first kappa shape index (κ1) is 12.7. The van der Waals surface area contributed by atoms with Crippen LogP contribution in [0.3, 0.4) is 0 Å². The van der Waals surface area contributed by atoms with E-state index in [-0.39, 0.29) is 19.2 Å². The van der Waals surface area contributed by atoms with E-state index in [9.17, 15) is 4.79 Å². The lowest BCUT2D eigenvalue weighted by Crippen LogP contribution is -2.36. The maximum absolute atomic E-state index is 11.5. The summed E-state index contributed by atoms with van der Waals surface area (Å²) >= 11 is 0. The Morgan fingerprint density at radius 3 is 2.75 bits per heavy atom. The van der Waals surface area contributed by atoms with Crippen molar-refractivity contribution in [1.29, 1.82) is 0 Å². The van der Waals surface area contributed by atoms with E-state index in [1.807, 2.05) is 30.3 Å². The zero-order valence-electron chi connectivity index (χ0n) is 9.35. The largest absolute Gasteiger partial charge is 0.460 e. The van der Waals surface area contributed by atoms with E-state index in [1.165, 1.54) is 0 Å². The molecule has 0 aliphatic heterocycles. The van der Waals surface area contributed by atoms with Crippen LogP contribution in [0.25, 0.3) is 0 Å². The van der Waals surface area contributed by atoms with Crippen molar-refractivity contribution in [2.45, 2.75) is 19.6 Å². The van der Waals surface area contributed by atoms with Crippen LogP contribution in [0.15, 0.2) is 30.3 Å². The van der Waals surface area contributed by atoms with Gasteiger partial charge in [-0.25, -0.2) is 0 Å². The van der Waals surface area contributed by atoms with E-state index in [1.54, 1.807) is 6.92 Å². The summed E-state index contributed by atoms with van der Waals surface area (Å²) in [5.41, 5.74) is 0.963. The van der Waals surface area contributed by atoms with Crippen molar-refractivity contribution in [2.24, 2.45) is 0 Å². The second-order valence-corrected chi connectivity index (χ2v) is 3.49. The fraction of sp³-hybridized carbons (Fsp3) is 0.417. The molecule has 0 heterocycles. The monoisotopic (exact) mass is 223 g/mol. The number of ether oxygens (including phenoxy) is 1. The molecule has 0 bridgehead atoms. The average molecular weight is 223 g/mol. The number of aliphatic hydroxyl groups is 1. The Morgan fingerprint density at radius 1 is 1.44 bits per heavy atom. The minimum absolute atomic E-state index is 0.0102. The van der Waals surface area contributed by atoms with Crippen LogP contribution >= 0.6 is 0 Å². The molecule has 0 saturated heterocycles.